The highest BCUT2D eigenvalue weighted by Gasteiger charge is 2.47. The predicted molar refractivity (Wildman–Crippen MR) is 120 cm³/mol. The Hall–Kier alpha value is -3.01. The fourth-order valence-electron chi connectivity index (χ4n) is 4.02. The second-order valence-electron chi connectivity index (χ2n) is 8.23. The van der Waals surface area contributed by atoms with Gasteiger partial charge in [-0.2, -0.15) is 0 Å². The first-order valence-electron chi connectivity index (χ1n) is 10.5. The first-order chi connectivity index (χ1) is 14.1. The number of hydrogen-bond acceptors (Lipinski definition) is 4. The van der Waals surface area contributed by atoms with Crippen LogP contribution in [0.3, 0.4) is 0 Å². The second kappa shape index (κ2) is 7.11. The Morgan fingerprint density at radius 3 is 2.55 bits per heavy atom. The van der Waals surface area contributed by atoms with Gasteiger partial charge < -0.3 is 15.4 Å². The van der Waals surface area contributed by atoms with E-state index in [1.54, 1.807) is 0 Å². The van der Waals surface area contributed by atoms with Crippen molar-refractivity contribution < 1.29 is 4.74 Å². The van der Waals surface area contributed by atoms with E-state index in [2.05, 4.69) is 84.1 Å². The minimum atomic E-state index is -0.189. The normalized spacial score (nSPS) is 17.4. The van der Waals surface area contributed by atoms with Crippen LogP contribution in [0.4, 0.5) is 5.69 Å². The van der Waals surface area contributed by atoms with E-state index in [-0.39, 0.29) is 5.60 Å². The molecule has 0 saturated heterocycles. The molecule has 0 spiro atoms. The van der Waals surface area contributed by atoms with Crippen LogP contribution in [0.15, 0.2) is 59.6 Å². The van der Waals surface area contributed by atoms with Gasteiger partial charge in [0.1, 0.15) is 11.4 Å². The second-order valence-corrected chi connectivity index (χ2v) is 8.23. The van der Waals surface area contributed by atoms with Crippen molar-refractivity contribution in [2.75, 3.05) is 18.4 Å². The van der Waals surface area contributed by atoms with Gasteiger partial charge >= 0.3 is 0 Å². The van der Waals surface area contributed by atoms with Crippen LogP contribution in [0, 0.1) is 13.8 Å². The Morgan fingerprint density at radius 2 is 1.79 bits per heavy atom. The summed E-state index contributed by atoms with van der Waals surface area (Å²) in [5, 5.41) is 9.29. The number of rotatable bonds is 4. The summed E-state index contributed by atoms with van der Waals surface area (Å²) in [6.07, 6.45) is 3.21. The standard InChI is InChI=1S/C25H27N3O/c1-17-15-23(18(2)14-22(17)28-24-26-12-5-13-27-24)29-25(10-11-25)21-9-8-19-6-3-4-7-20(19)16-21/h3-4,6-9,14-16H,5,10-13H2,1-2H3,(H2,26,27,28). The topological polar surface area (TPSA) is 45.6 Å². The van der Waals surface area contributed by atoms with E-state index >= 15 is 0 Å². The maximum Gasteiger partial charge on any atom is 0.195 e. The third kappa shape index (κ3) is 3.55. The lowest BCUT2D eigenvalue weighted by Crippen LogP contribution is -2.35. The van der Waals surface area contributed by atoms with Crippen LogP contribution in [-0.4, -0.2) is 19.0 Å². The molecule has 4 nitrogen and oxygen atoms in total. The number of aliphatic imine (C=N–C) groups is 1. The number of aryl methyl sites for hydroxylation is 2. The largest absolute Gasteiger partial charge is 0.482 e. The summed E-state index contributed by atoms with van der Waals surface area (Å²) in [7, 11) is 0. The van der Waals surface area contributed by atoms with Gasteiger partial charge in [-0.15, -0.1) is 0 Å². The Labute approximate surface area is 172 Å². The zero-order valence-corrected chi connectivity index (χ0v) is 17.1. The zero-order chi connectivity index (χ0) is 19.8. The van der Waals surface area contributed by atoms with Crippen molar-refractivity contribution >= 4 is 22.4 Å². The lowest BCUT2D eigenvalue weighted by Gasteiger charge is -2.23. The molecule has 2 N–H and O–H groups in total. The molecule has 3 aromatic rings. The van der Waals surface area contributed by atoms with Gasteiger partial charge in [-0.25, -0.2) is 0 Å². The molecule has 5 rings (SSSR count). The summed E-state index contributed by atoms with van der Waals surface area (Å²) >= 11 is 0. The van der Waals surface area contributed by atoms with E-state index < -0.39 is 0 Å². The summed E-state index contributed by atoms with van der Waals surface area (Å²) in [6, 6.07) is 19.5. The number of hydrogen-bond donors (Lipinski definition) is 2. The number of anilines is 1. The van der Waals surface area contributed by atoms with Crippen molar-refractivity contribution in [2.45, 2.75) is 38.7 Å². The molecule has 1 fully saturated rings. The van der Waals surface area contributed by atoms with Gasteiger partial charge in [0.15, 0.2) is 5.96 Å². The molecule has 1 saturated carbocycles. The Kier molecular flexibility index (Phi) is 4.42. The molecular weight excluding hydrogens is 358 g/mol. The van der Waals surface area contributed by atoms with E-state index in [1.807, 2.05) is 0 Å². The van der Waals surface area contributed by atoms with Crippen LogP contribution in [0.25, 0.3) is 10.8 Å². The predicted octanol–water partition coefficient (Wildman–Crippen LogP) is 5.29. The molecule has 4 heteroatoms. The molecule has 1 heterocycles. The zero-order valence-electron chi connectivity index (χ0n) is 17.1. The van der Waals surface area contributed by atoms with E-state index in [0.29, 0.717) is 0 Å². The van der Waals surface area contributed by atoms with E-state index in [4.69, 9.17) is 4.74 Å². The highest BCUT2D eigenvalue weighted by atomic mass is 16.5. The SMILES string of the molecule is Cc1cc(OC2(c3ccc4ccccc4c3)CC2)c(C)cc1NC1=NCCCN1. The average molecular weight is 386 g/mol. The molecule has 29 heavy (non-hydrogen) atoms. The molecule has 148 valence electrons. The van der Waals surface area contributed by atoms with Gasteiger partial charge in [0.05, 0.1) is 0 Å². The third-order valence-electron chi connectivity index (χ3n) is 5.96. The van der Waals surface area contributed by atoms with Gasteiger partial charge in [0.25, 0.3) is 0 Å². The number of ether oxygens (including phenoxy) is 1. The molecule has 0 unspecified atom stereocenters. The lowest BCUT2D eigenvalue weighted by atomic mass is 10.0. The average Bonchev–Trinajstić information content (AvgIpc) is 3.53. The smallest absolute Gasteiger partial charge is 0.195 e. The van der Waals surface area contributed by atoms with Crippen LogP contribution in [0.2, 0.25) is 0 Å². The first-order valence-corrected chi connectivity index (χ1v) is 10.5. The quantitative estimate of drug-likeness (QED) is 0.642. The molecule has 1 aliphatic heterocycles. The van der Waals surface area contributed by atoms with Crippen molar-refractivity contribution in [2.24, 2.45) is 4.99 Å². The number of guanidine groups is 1. The van der Waals surface area contributed by atoms with Gasteiger partial charge in [-0.1, -0.05) is 36.4 Å². The first kappa shape index (κ1) is 18.0. The summed E-state index contributed by atoms with van der Waals surface area (Å²) in [4.78, 5) is 4.52. The maximum atomic E-state index is 6.63. The molecule has 0 radical (unpaired) electrons. The molecule has 3 aromatic carbocycles. The van der Waals surface area contributed by atoms with Gasteiger partial charge in [-0.3, -0.25) is 4.99 Å². The van der Waals surface area contributed by atoms with Crippen LogP contribution in [0.1, 0.15) is 36.0 Å². The minimum absolute atomic E-state index is 0.189. The van der Waals surface area contributed by atoms with Crippen molar-refractivity contribution in [1.29, 1.82) is 0 Å². The maximum absolute atomic E-state index is 6.63. The Morgan fingerprint density at radius 1 is 0.966 bits per heavy atom. The fraction of sp³-hybridized carbons (Fsp3) is 0.320. The van der Waals surface area contributed by atoms with Crippen molar-refractivity contribution in [3.05, 3.63) is 71.3 Å². The summed E-state index contributed by atoms with van der Waals surface area (Å²) in [6.45, 7) is 6.09. The van der Waals surface area contributed by atoms with Crippen LogP contribution in [-0.2, 0) is 5.60 Å². The highest BCUT2D eigenvalue weighted by Crippen LogP contribution is 2.50. The van der Waals surface area contributed by atoms with Crippen LogP contribution < -0.4 is 15.4 Å². The molecule has 1 aliphatic carbocycles. The van der Waals surface area contributed by atoms with E-state index in [9.17, 15) is 0 Å². The molecular formula is C25H27N3O. The van der Waals surface area contributed by atoms with Crippen molar-refractivity contribution in [3.8, 4) is 5.75 Å². The summed E-state index contributed by atoms with van der Waals surface area (Å²) < 4.78 is 6.63. The summed E-state index contributed by atoms with van der Waals surface area (Å²) in [5.41, 5.74) is 4.47. The molecule has 0 aromatic heterocycles. The van der Waals surface area contributed by atoms with Crippen LogP contribution in [0.5, 0.6) is 5.75 Å². The van der Waals surface area contributed by atoms with E-state index in [1.165, 1.54) is 16.3 Å². The number of nitrogens with one attached hydrogen (secondary N) is 2. The molecule has 0 atom stereocenters. The highest BCUT2D eigenvalue weighted by molar-refractivity contribution is 5.94. The lowest BCUT2D eigenvalue weighted by molar-refractivity contribution is 0.180. The van der Waals surface area contributed by atoms with Crippen LogP contribution >= 0.6 is 0 Å². The monoisotopic (exact) mass is 385 g/mol. The molecule has 2 aliphatic rings. The Bertz CT molecular complexity index is 1100. The Balaban J connectivity index is 1.40. The number of benzene rings is 3. The number of nitrogens with zero attached hydrogens (tertiary/aromatic N) is 1. The van der Waals surface area contributed by atoms with Crippen molar-refractivity contribution in [1.82, 2.24) is 5.32 Å². The van der Waals surface area contributed by atoms with E-state index in [0.717, 1.165) is 60.9 Å². The molecule has 0 amide bonds. The van der Waals surface area contributed by atoms with Gasteiger partial charge in [-0.05, 0) is 78.8 Å². The molecule has 0 bridgehead atoms. The fourth-order valence-corrected chi connectivity index (χ4v) is 4.02. The van der Waals surface area contributed by atoms with Gasteiger partial charge in [0, 0.05) is 18.8 Å². The minimum Gasteiger partial charge on any atom is -0.482 e. The van der Waals surface area contributed by atoms with Crippen molar-refractivity contribution in [3.63, 3.8) is 0 Å². The summed E-state index contributed by atoms with van der Waals surface area (Å²) in [5.74, 6) is 1.83. The van der Waals surface area contributed by atoms with Gasteiger partial charge in [0.2, 0.25) is 0 Å². The third-order valence-corrected chi connectivity index (χ3v) is 5.96. The number of fused-ring (bicyclic) bond motifs is 1.